The standard InChI is InChI=1S/C14H13F2NO2/c1-18-13-6-4-10(8-14(13)19-2)17-9-3-5-11(15)12(16)7-9/h3-8,17H,1-2H3. The minimum Gasteiger partial charge on any atom is -0.493 e. The summed E-state index contributed by atoms with van der Waals surface area (Å²) in [6.45, 7) is 0. The molecule has 5 heteroatoms. The molecule has 0 aliphatic rings. The Morgan fingerprint density at radius 1 is 0.789 bits per heavy atom. The van der Waals surface area contributed by atoms with Crippen molar-refractivity contribution >= 4 is 11.4 Å². The van der Waals surface area contributed by atoms with Gasteiger partial charge in [0.25, 0.3) is 0 Å². The summed E-state index contributed by atoms with van der Waals surface area (Å²) in [5.74, 6) is -0.628. The van der Waals surface area contributed by atoms with Gasteiger partial charge in [-0.2, -0.15) is 0 Å². The molecule has 3 nitrogen and oxygen atoms in total. The summed E-state index contributed by atoms with van der Waals surface area (Å²) in [6, 6.07) is 8.79. The van der Waals surface area contributed by atoms with E-state index in [1.807, 2.05) is 0 Å². The van der Waals surface area contributed by atoms with Crippen LogP contribution in [-0.4, -0.2) is 14.2 Å². The van der Waals surface area contributed by atoms with Crippen LogP contribution in [0.2, 0.25) is 0 Å². The molecular weight excluding hydrogens is 252 g/mol. The Morgan fingerprint density at radius 2 is 1.42 bits per heavy atom. The number of rotatable bonds is 4. The van der Waals surface area contributed by atoms with E-state index in [2.05, 4.69) is 5.32 Å². The van der Waals surface area contributed by atoms with E-state index in [1.54, 1.807) is 25.3 Å². The predicted molar refractivity (Wildman–Crippen MR) is 69.2 cm³/mol. The highest BCUT2D eigenvalue weighted by Crippen LogP contribution is 2.31. The third kappa shape index (κ3) is 2.93. The van der Waals surface area contributed by atoms with E-state index < -0.39 is 11.6 Å². The van der Waals surface area contributed by atoms with Crippen LogP contribution >= 0.6 is 0 Å². The third-order valence-electron chi connectivity index (χ3n) is 2.59. The fourth-order valence-corrected chi connectivity index (χ4v) is 1.65. The molecular formula is C14H13F2NO2. The molecule has 0 radical (unpaired) electrons. The molecule has 0 unspecified atom stereocenters. The highest BCUT2D eigenvalue weighted by molar-refractivity contribution is 5.63. The molecule has 0 spiro atoms. The lowest BCUT2D eigenvalue weighted by Gasteiger charge is -2.11. The number of hydrogen-bond acceptors (Lipinski definition) is 3. The van der Waals surface area contributed by atoms with Crippen molar-refractivity contribution in [2.75, 3.05) is 19.5 Å². The van der Waals surface area contributed by atoms with Gasteiger partial charge in [-0.15, -0.1) is 0 Å². The van der Waals surface area contributed by atoms with E-state index in [9.17, 15) is 8.78 Å². The molecule has 2 aromatic carbocycles. The van der Waals surface area contributed by atoms with Gasteiger partial charge in [0.05, 0.1) is 14.2 Å². The first kappa shape index (κ1) is 13.1. The molecule has 0 atom stereocenters. The Bertz CT molecular complexity index is 588. The zero-order valence-electron chi connectivity index (χ0n) is 10.5. The molecule has 0 aliphatic heterocycles. The van der Waals surface area contributed by atoms with Crippen LogP contribution in [0.5, 0.6) is 11.5 Å². The Balaban J connectivity index is 2.25. The van der Waals surface area contributed by atoms with Gasteiger partial charge in [0.2, 0.25) is 0 Å². The second-order valence-electron chi connectivity index (χ2n) is 3.82. The van der Waals surface area contributed by atoms with Gasteiger partial charge in [0.15, 0.2) is 23.1 Å². The minimum atomic E-state index is -0.898. The fraction of sp³-hybridized carbons (Fsp3) is 0.143. The molecule has 0 saturated heterocycles. The van der Waals surface area contributed by atoms with Crippen LogP contribution in [0.15, 0.2) is 36.4 Å². The molecule has 100 valence electrons. The number of hydrogen-bond donors (Lipinski definition) is 1. The van der Waals surface area contributed by atoms with Gasteiger partial charge >= 0.3 is 0 Å². The summed E-state index contributed by atoms with van der Waals surface area (Å²) >= 11 is 0. The SMILES string of the molecule is COc1ccc(Nc2ccc(F)c(F)c2)cc1OC. The van der Waals surface area contributed by atoms with E-state index in [4.69, 9.17) is 9.47 Å². The first-order valence-electron chi connectivity index (χ1n) is 5.58. The van der Waals surface area contributed by atoms with E-state index in [-0.39, 0.29) is 0 Å². The monoisotopic (exact) mass is 265 g/mol. The average molecular weight is 265 g/mol. The highest BCUT2D eigenvalue weighted by Gasteiger charge is 2.06. The predicted octanol–water partition coefficient (Wildman–Crippen LogP) is 3.73. The zero-order chi connectivity index (χ0) is 13.8. The van der Waals surface area contributed by atoms with Gasteiger partial charge in [0, 0.05) is 23.5 Å². The smallest absolute Gasteiger partial charge is 0.162 e. The summed E-state index contributed by atoms with van der Waals surface area (Å²) in [5.41, 5.74) is 1.13. The number of nitrogens with one attached hydrogen (secondary N) is 1. The second kappa shape index (κ2) is 5.56. The Morgan fingerprint density at radius 3 is 2.05 bits per heavy atom. The van der Waals surface area contributed by atoms with Crippen LogP contribution in [0.4, 0.5) is 20.2 Å². The average Bonchev–Trinajstić information content (AvgIpc) is 2.43. The maximum Gasteiger partial charge on any atom is 0.162 e. The number of halogens is 2. The second-order valence-corrected chi connectivity index (χ2v) is 3.82. The number of ether oxygens (including phenoxy) is 2. The highest BCUT2D eigenvalue weighted by atomic mass is 19.2. The molecule has 1 N–H and O–H groups in total. The summed E-state index contributed by atoms with van der Waals surface area (Å²) in [5, 5.41) is 2.96. The summed E-state index contributed by atoms with van der Waals surface area (Å²) in [4.78, 5) is 0. The minimum absolute atomic E-state index is 0.450. The molecule has 0 aliphatic carbocycles. The van der Waals surface area contributed by atoms with E-state index in [1.165, 1.54) is 13.2 Å². The van der Waals surface area contributed by atoms with Crippen LogP contribution < -0.4 is 14.8 Å². The number of anilines is 2. The van der Waals surface area contributed by atoms with Crippen molar-refractivity contribution in [3.8, 4) is 11.5 Å². The van der Waals surface area contributed by atoms with E-state index >= 15 is 0 Å². The van der Waals surface area contributed by atoms with Crippen molar-refractivity contribution in [2.45, 2.75) is 0 Å². The molecule has 0 amide bonds. The number of methoxy groups -OCH3 is 2. The lowest BCUT2D eigenvalue weighted by molar-refractivity contribution is 0.355. The zero-order valence-corrected chi connectivity index (χ0v) is 10.5. The van der Waals surface area contributed by atoms with Crippen molar-refractivity contribution in [3.05, 3.63) is 48.0 Å². The maximum absolute atomic E-state index is 13.1. The normalized spacial score (nSPS) is 10.1. The molecule has 0 saturated carbocycles. The maximum atomic E-state index is 13.1. The van der Waals surface area contributed by atoms with Crippen LogP contribution in [0.1, 0.15) is 0 Å². The first-order chi connectivity index (χ1) is 9.13. The summed E-state index contributed by atoms with van der Waals surface area (Å²) in [6.07, 6.45) is 0. The summed E-state index contributed by atoms with van der Waals surface area (Å²) < 4.78 is 36.2. The molecule has 0 bridgehead atoms. The largest absolute Gasteiger partial charge is 0.493 e. The Hall–Kier alpha value is -2.30. The van der Waals surface area contributed by atoms with Gasteiger partial charge in [-0.05, 0) is 24.3 Å². The van der Waals surface area contributed by atoms with Gasteiger partial charge in [-0.1, -0.05) is 0 Å². The van der Waals surface area contributed by atoms with Crippen molar-refractivity contribution in [3.63, 3.8) is 0 Å². The summed E-state index contributed by atoms with van der Waals surface area (Å²) in [7, 11) is 3.07. The Labute approximate surface area is 109 Å². The van der Waals surface area contributed by atoms with Crippen LogP contribution in [0.3, 0.4) is 0 Å². The fourth-order valence-electron chi connectivity index (χ4n) is 1.65. The lowest BCUT2D eigenvalue weighted by atomic mass is 10.2. The third-order valence-corrected chi connectivity index (χ3v) is 2.59. The van der Waals surface area contributed by atoms with E-state index in [0.29, 0.717) is 22.9 Å². The van der Waals surface area contributed by atoms with Crippen molar-refractivity contribution in [2.24, 2.45) is 0 Å². The van der Waals surface area contributed by atoms with Crippen LogP contribution in [-0.2, 0) is 0 Å². The molecule has 2 rings (SSSR count). The molecule has 0 aromatic heterocycles. The number of benzene rings is 2. The van der Waals surface area contributed by atoms with Crippen molar-refractivity contribution < 1.29 is 18.3 Å². The van der Waals surface area contributed by atoms with Crippen LogP contribution in [0, 0.1) is 11.6 Å². The van der Waals surface area contributed by atoms with Gasteiger partial charge in [0.1, 0.15) is 0 Å². The lowest BCUT2D eigenvalue weighted by Crippen LogP contribution is -1.95. The van der Waals surface area contributed by atoms with E-state index in [0.717, 1.165) is 12.1 Å². The topological polar surface area (TPSA) is 30.5 Å². The molecule has 19 heavy (non-hydrogen) atoms. The molecule has 0 fully saturated rings. The Kier molecular flexibility index (Phi) is 3.85. The van der Waals surface area contributed by atoms with Gasteiger partial charge < -0.3 is 14.8 Å². The quantitative estimate of drug-likeness (QED) is 0.913. The first-order valence-corrected chi connectivity index (χ1v) is 5.58. The van der Waals surface area contributed by atoms with Crippen molar-refractivity contribution in [1.29, 1.82) is 0 Å². The van der Waals surface area contributed by atoms with Gasteiger partial charge in [-0.3, -0.25) is 0 Å². The molecule has 0 heterocycles. The molecule has 2 aromatic rings. The van der Waals surface area contributed by atoms with Crippen LogP contribution in [0.25, 0.3) is 0 Å². The van der Waals surface area contributed by atoms with Gasteiger partial charge in [-0.25, -0.2) is 8.78 Å². The van der Waals surface area contributed by atoms with Crippen molar-refractivity contribution in [1.82, 2.24) is 0 Å².